The van der Waals surface area contributed by atoms with Gasteiger partial charge in [-0.25, -0.2) is 4.57 Å². The van der Waals surface area contributed by atoms with E-state index in [0.717, 1.165) is 77.0 Å². The molecule has 0 aliphatic rings. The molecule has 10 heteroatoms. The summed E-state index contributed by atoms with van der Waals surface area (Å²) in [6, 6.07) is 0. The fraction of sp³-hybridized carbons (Fsp3) is 0.786. The van der Waals surface area contributed by atoms with Crippen LogP contribution in [0.2, 0.25) is 0 Å². The fourth-order valence-electron chi connectivity index (χ4n) is 7.40. The van der Waals surface area contributed by atoms with Crippen LogP contribution in [0.1, 0.15) is 232 Å². The van der Waals surface area contributed by atoms with Crippen LogP contribution in [0.4, 0.5) is 0 Å². The number of hydrogen-bond donors (Lipinski definition) is 1. The first kappa shape index (κ1) is 63.7. The highest BCUT2D eigenvalue weighted by Gasteiger charge is 2.27. The van der Waals surface area contributed by atoms with E-state index in [9.17, 15) is 19.0 Å². The molecule has 1 N–H and O–H groups in total. The number of ether oxygens (including phenoxy) is 2. The third kappa shape index (κ3) is 51.1. The van der Waals surface area contributed by atoms with E-state index in [-0.39, 0.29) is 32.0 Å². The lowest BCUT2D eigenvalue weighted by atomic mass is 10.0. The number of carbonyl (C=O) groups excluding carboxylic acids is 2. The van der Waals surface area contributed by atoms with Gasteiger partial charge >= 0.3 is 19.8 Å². The number of nitrogens with zero attached hydrogens (tertiary/aromatic N) is 1. The van der Waals surface area contributed by atoms with E-state index in [1.54, 1.807) is 0 Å². The van der Waals surface area contributed by atoms with Gasteiger partial charge in [0.15, 0.2) is 6.10 Å². The second kappa shape index (κ2) is 47.8. The third-order valence-electron chi connectivity index (χ3n) is 11.6. The predicted octanol–water partition coefficient (Wildman–Crippen LogP) is 16.4. The third-order valence-corrected chi connectivity index (χ3v) is 12.5. The van der Waals surface area contributed by atoms with Crippen molar-refractivity contribution in [2.75, 3.05) is 47.5 Å². The molecule has 66 heavy (non-hydrogen) atoms. The van der Waals surface area contributed by atoms with Gasteiger partial charge in [0.25, 0.3) is 0 Å². The summed E-state index contributed by atoms with van der Waals surface area (Å²) in [5, 5.41) is 0. The standard InChI is InChI=1S/C56H102NO8P/c1-6-8-10-12-13-14-15-16-17-18-19-20-21-22-23-24-25-26-27-28-29-30-31-32-33-34-35-36-37-38-39-40-41-42-43-45-47-49-56(59)65-54(52-62-55(58)48-46-44-11-9-7-2)53-64-66(60,61)63-51-50-57(3,4)5/h8,10,13-14,16-17,19-20,22-23,54H,6-7,9,11-12,15,18,21,24-53H2,1-5H3/p+1/b10-8-,14-13-,17-16-,20-19-,23-22-. The molecule has 0 amide bonds. The Morgan fingerprint density at radius 1 is 0.485 bits per heavy atom. The monoisotopic (exact) mass is 949 g/mol. The molecule has 9 nitrogen and oxygen atoms in total. The van der Waals surface area contributed by atoms with Crippen LogP contribution in [0.3, 0.4) is 0 Å². The maximum Gasteiger partial charge on any atom is 0.472 e. The van der Waals surface area contributed by atoms with Crippen LogP contribution in [0.25, 0.3) is 0 Å². The quantitative estimate of drug-likeness (QED) is 0.0211. The average molecular weight is 949 g/mol. The van der Waals surface area contributed by atoms with Crippen LogP contribution in [0.15, 0.2) is 60.8 Å². The topological polar surface area (TPSA) is 108 Å². The Balaban J connectivity index is 3.79. The predicted molar refractivity (Wildman–Crippen MR) is 279 cm³/mol. The number of hydrogen-bond acceptors (Lipinski definition) is 7. The number of quaternary nitrogens is 1. The van der Waals surface area contributed by atoms with E-state index in [2.05, 4.69) is 74.6 Å². The Morgan fingerprint density at radius 2 is 0.864 bits per heavy atom. The van der Waals surface area contributed by atoms with E-state index in [1.807, 2.05) is 21.1 Å². The minimum Gasteiger partial charge on any atom is -0.462 e. The van der Waals surface area contributed by atoms with Crippen molar-refractivity contribution < 1.29 is 42.1 Å². The minimum atomic E-state index is -4.36. The second-order valence-corrected chi connectivity index (χ2v) is 20.7. The van der Waals surface area contributed by atoms with Gasteiger partial charge in [-0.2, -0.15) is 0 Å². The number of rotatable bonds is 49. The van der Waals surface area contributed by atoms with E-state index < -0.39 is 26.5 Å². The van der Waals surface area contributed by atoms with Gasteiger partial charge in [0.1, 0.15) is 19.8 Å². The van der Waals surface area contributed by atoms with Gasteiger partial charge in [0.05, 0.1) is 27.7 Å². The van der Waals surface area contributed by atoms with Crippen LogP contribution < -0.4 is 0 Å². The highest BCUT2D eigenvalue weighted by atomic mass is 31.2. The number of carbonyl (C=O) groups is 2. The first-order valence-corrected chi connectivity index (χ1v) is 28.5. The summed E-state index contributed by atoms with van der Waals surface area (Å²) in [7, 11) is 1.48. The SMILES string of the molecule is CC/C=C\C/C=C\C/C=C\C/C=C\C/C=C\CCCCCCCCCCCCCCCCCCCCCCCC(=O)OC(COC(=O)CCCCCCC)COP(=O)(O)OCC[N+](C)(C)C. The summed E-state index contributed by atoms with van der Waals surface area (Å²) in [4.78, 5) is 35.1. The molecule has 2 unspecified atom stereocenters. The molecule has 0 aromatic heterocycles. The van der Waals surface area contributed by atoms with E-state index in [1.165, 1.54) is 122 Å². The van der Waals surface area contributed by atoms with E-state index >= 15 is 0 Å². The molecule has 0 aliphatic carbocycles. The summed E-state index contributed by atoms with van der Waals surface area (Å²) in [5.41, 5.74) is 0. The molecule has 0 saturated carbocycles. The van der Waals surface area contributed by atoms with Gasteiger partial charge in [-0.15, -0.1) is 0 Å². The van der Waals surface area contributed by atoms with Crippen LogP contribution in [-0.4, -0.2) is 74.9 Å². The molecule has 0 aromatic carbocycles. The highest BCUT2D eigenvalue weighted by Crippen LogP contribution is 2.43. The van der Waals surface area contributed by atoms with Crippen molar-refractivity contribution in [3.63, 3.8) is 0 Å². The summed E-state index contributed by atoms with van der Waals surface area (Å²) >= 11 is 0. The first-order valence-electron chi connectivity index (χ1n) is 27.0. The summed E-state index contributed by atoms with van der Waals surface area (Å²) in [5.74, 6) is -0.806. The van der Waals surface area contributed by atoms with Gasteiger partial charge < -0.3 is 18.9 Å². The van der Waals surface area contributed by atoms with Gasteiger partial charge in [0, 0.05) is 12.8 Å². The van der Waals surface area contributed by atoms with Crippen molar-refractivity contribution in [1.29, 1.82) is 0 Å². The molecule has 0 heterocycles. The number of allylic oxidation sites excluding steroid dienone is 10. The van der Waals surface area contributed by atoms with Crippen LogP contribution in [0.5, 0.6) is 0 Å². The molecule has 0 aromatic rings. The average Bonchev–Trinajstić information content (AvgIpc) is 3.27. The number of likely N-dealkylation sites (N-methyl/N-ethyl adjacent to an activating group) is 1. The lowest BCUT2D eigenvalue weighted by Gasteiger charge is -2.24. The second-order valence-electron chi connectivity index (χ2n) is 19.2. The van der Waals surface area contributed by atoms with Crippen molar-refractivity contribution in [1.82, 2.24) is 0 Å². The molecule has 0 saturated heterocycles. The van der Waals surface area contributed by atoms with Crippen LogP contribution in [0, 0.1) is 0 Å². The normalized spacial score (nSPS) is 13.8. The molecular formula is C56H103NO8P+. The largest absolute Gasteiger partial charge is 0.472 e. The van der Waals surface area contributed by atoms with Gasteiger partial charge in [-0.05, 0) is 57.8 Å². The van der Waals surface area contributed by atoms with Crippen molar-refractivity contribution in [3.8, 4) is 0 Å². The summed E-state index contributed by atoms with van der Waals surface area (Å²) < 4.78 is 34.2. The van der Waals surface area contributed by atoms with Crippen molar-refractivity contribution in [3.05, 3.63) is 60.8 Å². The molecule has 0 spiro atoms. The zero-order chi connectivity index (χ0) is 48.5. The Kier molecular flexibility index (Phi) is 46.1. The smallest absolute Gasteiger partial charge is 0.462 e. The number of esters is 2. The first-order chi connectivity index (χ1) is 32.0. The van der Waals surface area contributed by atoms with Crippen molar-refractivity contribution in [2.45, 2.75) is 238 Å². The Hall–Kier alpha value is -2.29. The van der Waals surface area contributed by atoms with Crippen molar-refractivity contribution >= 4 is 19.8 Å². The number of phosphoric ester groups is 1. The molecule has 0 radical (unpaired) electrons. The Labute approximate surface area is 406 Å². The van der Waals surface area contributed by atoms with Gasteiger partial charge in [0.2, 0.25) is 0 Å². The zero-order valence-corrected chi connectivity index (χ0v) is 44.3. The Bertz CT molecular complexity index is 1300. The lowest BCUT2D eigenvalue weighted by molar-refractivity contribution is -0.870. The summed E-state index contributed by atoms with van der Waals surface area (Å²) in [6.07, 6.45) is 60.8. The van der Waals surface area contributed by atoms with Crippen LogP contribution in [-0.2, 0) is 32.7 Å². The molecule has 2 atom stereocenters. The molecule has 0 rings (SSSR count). The zero-order valence-electron chi connectivity index (χ0n) is 43.4. The Morgan fingerprint density at radius 3 is 1.29 bits per heavy atom. The van der Waals surface area contributed by atoms with Gasteiger partial charge in [-0.1, -0.05) is 222 Å². The maximum absolute atomic E-state index is 12.7. The van der Waals surface area contributed by atoms with Gasteiger partial charge in [-0.3, -0.25) is 18.6 Å². The van der Waals surface area contributed by atoms with E-state index in [0.29, 0.717) is 17.4 Å². The highest BCUT2D eigenvalue weighted by molar-refractivity contribution is 7.47. The van der Waals surface area contributed by atoms with Crippen LogP contribution >= 0.6 is 7.82 Å². The number of phosphoric acid groups is 1. The molecule has 0 aliphatic heterocycles. The summed E-state index contributed by atoms with van der Waals surface area (Å²) in [6.45, 7) is 4.23. The molecular weight excluding hydrogens is 846 g/mol. The molecule has 0 fully saturated rings. The maximum atomic E-state index is 12.7. The van der Waals surface area contributed by atoms with E-state index in [4.69, 9.17) is 18.5 Å². The fourth-order valence-corrected chi connectivity index (χ4v) is 8.14. The minimum absolute atomic E-state index is 0.0327. The molecule has 384 valence electrons. The number of unbranched alkanes of at least 4 members (excludes halogenated alkanes) is 25. The van der Waals surface area contributed by atoms with Crippen molar-refractivity contribution in [2.24, 2.45) is 0 Å². The molecule has 0 bridgehead atoms. The lowest BCUT2D eigenvalue weighted by Crippen LogP contribution is -2.37.